The molecular weight excluding hydrogens is 452 g/mol. The van der Waals surface area contributed by atoms with Gasteiger partial charge in [0.05, 0.1) is 18.8 Å². The summed E-state index contributed by atoms with van der Waals surface area (Å²) in [6, 6.07) is 15.3. The fourth-order valence-electron chi connectivity index (χ4n) is 2.79. The van der Waals surface area contributed by atoms with Gasteiger partial charge in [0.2, 0.25) is 0 Å². The van der Waals surface area contributed by atoms with Gasteiger partial charge >= 0.3 is 0 Å². The molecule has 0 fully saturated rings. The lowest BCUT2D eigenvalue weighted by molar-refractivity contribution is 0.0678. The molecule has 0 aliphatic heterocycles. The van der Waals surface area contributed by atoms with Crippen LogP contribution in [-0.2, 0) is 17.9 Å². The number of hydrogen-bond acceptors (Lipinski definition) is 5. The lowest BCUT2D eigenvalue weighted by Gasteiger charge is -2.21. The molecule has 7 heteroatoms. The van der Waals surface area contributed by atoms with Crippen molar-refractivity contribution in [1.29, 1.82) is 0 Å². The van der Waals surface area contributed by atoms with Crippen LogP contribution < -0.4 is 4.74 Å². The molecule has 0 saturated heterocycles. The molecule has 1 aromatic heterocycles. The Hall–Kier alpha value is -2.22. The zero-order valence-electron chi connectivity index (χ0n) is 16.4. The Morgan fingerprint density at radius 2 is 2.03 bits per heavy atom. The van der Waals surface area contributed by atoms with Crippen molar-refractivity contribution in [2.75, 3.05) is 20.3 Å². The number of methoxy groups -OCH3 is 1. The first-order valence-electron chi connectivity index (χ1n) is 9.21. The van der Waals surface area contributed by atoms with Crippen molar-refractivity contribution in [3.8, 4) is 5.75 Å². The van der Waals surface area contributed by atoms with E-state index in [0.29, 0.717) is 31.9 Å². The Morgan fingerprint density at radius 3 is 2.79 bits per heavy atom. The third-order valence-electron chi connectivity index (χ3n) is 4.23. The molecule has 3 aromatic rings. The number of carbonyl (C=O) groups is 1. The summed E-state index contributed by atoms with van der Waals surface area (Å²) >= 11 is 4.96. The monoisotopic (exact) mass is 474 g/mol. The lowest BCUT2D eigenvalue weighted by atomic mass is 10.2. The number of benzene rings is 2. The van der Waals surface area contributed by atoms with Gasteiger partial charge in [0.15, 0.2) is 0 Å². The third kappa shape index (κ3) is 6.39. The van der Waals surface area contributed by atoms with Crippen molar-refractivity contribution in [2.45, 2.75) is 20.1 Å². The van der Waals surface area contributed by atoms with Crippen molar-refractivity contribution in [3.63, 3.8) is 0 Å². The molecule has 5 nitrogen and oxygen atoms in total. The van der Waals surface area contributed by atoms with Crippen molar-refractivity contribution < 1.29 is 14.3 Å². The van der Waals surface area contributed by atoms with Gasteiger partial charge in [0, 0.05) is 29.1 Å². The summed E-state index contributed by atoms with van der Waals surface area (Å²) in [4.78, 5) is 19.4. The minimum Gasteiger partial charge on any atom is -0.486 e. The summed E-state index contributed by atoms with van der Waals surface area (Å²) < 4.78 is 11.9. The van der Waals surface area contributed by atoms with Gasteiger partial charge < -0.3 is 14.4 Å². The van der Waals surface area contributed by atoms with Gasteiger partial charge in [0.1, 0.15) is 17.4 Å². The maximum Gasteiger partial charge on any atom is 0.254 e. The average molecular weight is 475 g/mol. The highest BCUT2D eigenvalue weighted by Gasteiger charge is 2.18. The number of hydrogen-bond donors (Lipinski definition) is 0. The molecule has 3 rings (SSSR count). The summed E-state index contributed by atoms with van der Waals surface area (Å²) in [6.07, 6.45) is 0. The normalized spacial score (nSPS) is 10.7. The molecule has 29 heavy (non-hydrogen) atoms. The molecule has 0 spiro atoms. The molecule has 0 unspecified atom stereocenters. The van der Waals surface area contributed by atoms with E-state index in [2.05, 4.69) is 20.9 Å². The van der Waals surface area contributed by atoms with E-state index in [1.165, 1.54) is 11.3 Å². The number of aryl methyl sites for hydroxylation is 1. The summed E-state index contributed by atoms with van der Waals surface area (Å²) in [5, 5.41) is 2.85. The highest BCUT2D eigenvalue weighted by Crippen LogP contribution is 2.19. The van der Waals surface area contributed by atoms with Crippen LogP contribution in [0.15, 0.2) is 58.4 Å². The number of halogens is 1. The summed E-state index contributed by atoms with van der Waals surface area (Å²) in [6.45, 7) is 3.83. The molecule has 1 amide bonds. The Balaban J connectivity index is 1.65. The van der Waals surface area contributed by atoms with Gasteiger partial charge in [-0.15, -0.1) is 11.3 Å². The fourth-order valence-corrected chi connectivity index (χ4v) is 3.89. The van der Waals surface area contributed by atoms with Gasteiger partial charge in [0.25, 0.3) is 5.91 Å². The molecule has 152 valence electrons. The van der Waals surface area contributed by atoms with Gasteiger partial charge in [-0.2, -0.15) is 0 Å². The average Bonchev–Trinajstić information content (AvgIpc) is 3.16. The predicted molar refractivity (Wildman–Crippen MR) is 118 cm³/mol. The largest absolute Gasteiger partial charge is 0.486 e. The Labute approximate surface area is 183 Å². The highest BCUT2D eigenvalue weighted by molar-refractivity contribution is 9.10. The van der Waals surface area contributed by atoms with E-state index >= 15 is 0 Å². The summed E-state index contributed by atoms with van der Waals surface area (Å²) in [5.41, 5.74) is 2.63. The topological polar surface area (TPSA) is 51.7 Å². The molecule has 1 heterocycles. The number of aromatic nitrogens is 1. The Bertz CT molecular complexity index is 960. The summed E-state index contributed by atoms with van der Waals surface area (Å²) in [7, 11) is 1.63. The van der Waals surface area contributed by atoms with Crippen LogP contribution in [-0.4, -0.2) is 36.1 Å². The molecule has 2 aromatic carbocycles. The number of ether oxygens (including phenoxy) is 2. The first-order chi connectivity index (χ1) is 14.0. The van der Waals surface area contributed by atoms with Crippen LogP contribution in [0.1, 0.15) is 26.6 Å². The van der Waals surface area contributed by atoms with Crippen LogP contribution in [0, 0.1) is 6.92 Å². The molecule has 0 aliphatic rings. The molecule has 0 bridgehead atoms. The maximum atomic E-state index is 13.0. The van der Waals surface area contributed by atoms with Crippen molar-refractivity contribution >= 4 is 33.2 Å². The number of thiazole rings is 1. The zero-order chi connectivity index (χ0) is 20.6. The van der Waals surface area contributed by atoms with Gasteiger partial charge in [-0.1, -0.05) is 34.1 Å². The smallest absolute Gasteiger partial charge is 0.254 e. The molecular formula is C22H23BrN2O3S. The van der Waals surface area contributed by atoms with E-state index in [1.807, 2.05) is 60.8 Å². The molecule has 0 radical (unpaired) electrons. The van der Waals surface area contributed by atoms with Crippen LogP contribution in [0.25, 0.3) is 0 Å². The minimum atomic E-state index is -0.0473. The van der Waals surface area contributed by atoms with Crippen LogP contribution in [0.2, 0.25) is 0 Å². The number of carbonyl (C=O) groups excluding carboxylic acids is 1. The first kappa shape index (κ1) is 21.5. The van der Waals surface area contributed by atoms with Crippen molar-refractivity contribution in [3.05, 3.63) is 80.2 Å². The quantitative estimate of drug-likeness (QED) is 0.433. The number of nitrogens with zero attached hydrogens (tertiary/aromatic N) is 2. The molecule has 0 aliphatic carbocycles. The van der Waals surface area contributed by atoms with Crippen molar-refractivity contribution in [1.82, 2.24) is 9.88 Å². The maximum absolute atomic E-state index is 13.0. The summed E-state index contributed by atoms with van der Waals surface area (Å²) in [5.74, 6) is 0.780. The van der Waals surface area contributed by atoms with Gasteiger partial charge in [-0.3, -0.25) is 4.79 Å². The number of amides is 1. The third-order valence-corrected chi connectivity index (χ3v) is 5.59. The first-order valence-corrected chi connectivity index (χ1v) is 10.9. The fraction of sp³-hybridized carbons (Fsp3) is 0.273. The second kappa shape index (κ2) is 10.5. The van der Waals surface area contributed by atoms with Crippen LogP contribution in [0.3, 0.4) is 0 Å². The molecule has 0 N–H and O–H groups in total. The highest BCUT2D eigenvalue weighted by atomic mass is 79.9. The van der Waals surface area contributed by atoms with E-state index in [0.717, 1.165) is 26.5 Å². The minimum absolute atomic E-state index is 0.0473. The van der Waals surface area contributed by atoms with E-state index in [1.54, 1.807) is 12.0 Å². The SMILES string of the molecule is COCCN(Cc1csc(COc2cccc(C)c2)n1)C(=O)c1cccc(Br)c1. The predicted octanol–water partition coefficient (Wildman–Crippen LogP) is 5.08. The second-order valence-electron chi connectivity index (χ2n) is 6.57. The Kier molecular flexibility index (Phi) is 7.80. The van der Waals surface area contributed by atoms with Crippen LogP contribution in [0.5, 0.6) is 5.75 Å². The van der Waals surface area contributed by atoms with Crippen molar-refractivity contribution in [2.24, 2.45) is 0 Å². The van der Waals surface area contributed by atoms with E-state index in [4.69, 9.17) is 9.47 Å². The van der Waals surface area contributed by atoms with E-state index in [-0.39, 0.29) is 5.91 Å². The van der Waals surface area contributed by atoms with Gasteiger partial charge in [-0.25, -0.2) is 4.98 Å². The van der Waals surface area contributed by atoms with E-state index < -0.39 is 0 Å². The second-order valence-corrected chi connectivity index (χ2v) is 8.43. The molecule has 0 atom stereocenters. The lowest BCUT2D eigenvalue weighted by Crippen LogP contribution is -2.33. The van der Waals surface area contributed by atoms with Crippen LogP contribution in [0.4, 0.5) is 0 Å². The zero-order valence-corrected chi connectivity index (χ0v) is 18.8. The van der Waals surface area contributed by atoms with Crippen LogP contribution >= 0.6 is 27.3 Å². The van der Waals surface area contributed by atoms with Gasteiger partial charge in [-0.05, 0) is 42.8 Å². The number of rotatable bonds is 9. The molecule has 0 saturated carbocycles. The Morgan fingerprint density at radius 1 is 1.21 bits per heavy atom. The van der Waals surface area contributed by atoms with E-state index in [9.17, 15) is 4.79 Å². The standard InChI is InChI=1S/C22H23BrN2O3S/c1-16-5-3-8-20(11-16)28-14-21-24-19(15-29-21)13-25(9-10-27-2)22(26)17-6-4-7-18(23)12-17/h3-8,11-12,15H,9-10,13-14H2,1-2H3.